The first-order valence-electron chi connectivity index (χ1n) is 10.5. The van der Waals surface area contributed by atoms with Gasteiger partial charge in [0.2, 0.25) is 11.9 Å². The number of benzene rings is 1. The molecule has 1 aliphatic carbocycles. The minimum atomic E-state index is -5.12. The van der Waals surface area contributed by atoms with E-state index in [1.165, 1.54) is 0 Å². The van der Waals surface area contributed by atoms with E-state index >= 15 is 0 Å². The number of hydrogen-bond donors (Lipinski definition) is 1. The van der Waals surface area contributed by atoms with Crippen molar-refractivity contribution in [2.45, 2.75) is 43.6 Å². The first-order chi connectivity index (χ1) is 16.7. The third kappa shape index (κ3) is 4.79. The summed E-state index contributed by atoms with van der Waals surface area (Å²) in [6.07, 6.45) is -8.88. The van der Waals surface area contributed by atoms with Crippen LogP contribution in [0.4, 0.5) is 41.1 Å². The lowest BCUT2D eigenvalue weighted by Gasteiger charge is -2.33. The first kappa shape index (κ1) is 26.6. The van der Waals surface area contributed by atoms with Gasteiger partial charge in [-0.1, -0.05) is 23.2 Å². The molecule has 2 aromatic rings. The number of hydrogen-bond acceptors (Lipinski definition) is 4. The van der Waals surface area contributed by atoms with Crippen LogP contribution in [0.5, 0.6) is 0 Å². The Balaban J connectivity index is 1.69. The summed E-state index contributed by atoms with van der Waals surface area (Å²) in [7, 11) is 0. The predicted octanol–water partition coefficient (Wildman–Crippen LogP) is 5.82. The number of rotatable bonds is 5. The molecule has 2 fully saturated rings. The van der Waals surface area contributed by atoms with Crippen molar-refractivity contribution >= 4 is 35.1 Å². The number of anilines is 1. The van der Waals surface area contributed by atoms with Crippen LogP contribution >= 0.6 is 23.2 Å². The van der Waals surface area contributed by atoms with Crippen molar-refractivity contribution in [2.24, 2.45) is 5.92 Å². The van der Waals surface area contributed by atoms with Crippen molar-refractivity contribution in [3.05, 3.63) is 50.8 Å². The fraction of sp³-hybridized carbons (Fsp3) is 0.476. The standard InChI is InChI=1S/C21H16Cl2F8N4O/c22-12-5-11(14(24)13(23)15(12)25)19(21(29,30)31)3-4-35(8-19)18-33-7-10(16(34-18)20(26,27)28)6-32-17(36)9-1-2-9/h5,7,9H,1-4,6,8H2,(H,32,36). The third-order valence-electron chi connectivity index (χ3n) is 6.23. The molecule has 1 N–H and O–H groups in total. The van der Waals surface area contributed by atoms with Gasteiger partial charge in [-0.2, -0.15) is 26.3 Å². The summed E-state index contributed by atoms with van der Waals surface area (Å²) in [5.74, 6) is -4.45. The Hall–Kier alpha value is -2.41. The molecule has 1 saturated carbocycles. The topological polar surface area (TPSA) is 58.1 Å². The van der Waals surface area contributed by atoms with E-state index in [0.717, 1.165) is 11.1 Å². The molecule has 4 rings (SSSR count). The summed E-state index contributed by atoms with van der Waals surface area (Å²) in [6.45, 7) is -2.09. The fourth-order valence-electron chi connectivity index (χ4n) is 4.10. The lowest BCUT2D eigenvalue weighted by molar-refractivity contribution is -0.185. The second kappa shape index (κ2) is 9.16. The molecule has 1 saturated heterocycles. The highest BCUT2D eigenvalue weighted by Crippen LogP contribution is 2.50. The van der Waals surface area contributed by atoms with Crippen molar-refractivity contribution in [2.75, 3.05) is 18.0 Å². The summed E-state index contributed by atoms with van der Waals surface area (Å²) in [5.41, 5.74) is -5.90. The van der Waals surface area contributed by atoms with E-state index in [-0.39, 0.29) is 5.92 Å². The summed E-state index contributed by atoms with van der Waals surface area (Å²) in [4.78, 5) is 19.8. The van der Waals surface area contributed by atoms with Gasteiger partial charge in [0, 0.05) is 42.9 Å². The summed E-state index contributed by atoms with van der Waals surface area (Å²) in [6, 6.07) is 0.475. The number of nitrogens with one attached hydrogen (secondary N) is 1. The number of carbonyl (C=O) groups is 1. The van der Waals surface area contributed by atoms with Gasteiger partial charge in [-0.05, 0) is 25.3 Å². The number of alkyl halides is 6. The lowest BCUT2D eigenvalue weighted by atomic mass is 9.78. The molecule has 2 aliphatic rings. The first-order valence-corrected chi connectivity index (χ1v) is 11.3. The highest BCUT2D eigenvalue weighted by Gasteiger charge is 2.61. The molecule has 1 aliphatic heterocycles. The summed E-state index contributed by atoms with van der Waals surface area (Å²) < 4.78 is 112. The molecule has 1 aromatic carbocycles. The molecule has 0 radical (unpaired) electrons. The molecular weight excluding hydrogens is 547 g/mol. The Bertz CT molecular complexity index is 1200. The van der Waals surface area contributed by atoms with Gasteiger partial charge < -0.3 is 10.2 Å². The van der Waals surface area contributed by atoms with Gasteiger partial charge in [-0.25, -0.2) is 18.7 Å². The molecule has 1 atom stereocenters. The Morgan fingerprint density at radius 2 is 1.81 bits per heavy atom. The Labute approximate surface area is 208 Å². The van der Waals surface area contributed by atoms with Gasteiger partial charge in [-0.3, -0.25) is 4.79 Å². The number of carbonyl (C=O) groups excluding carboxylic acids is 1. The molecule has 0 bridgehead atoms. The van der Waals surface area contributed by atoms with E-state index in [9.17, 15) is 39.9 Å². The fourth-order valence-corrected chi connectivity index (χ4v) is 4.56. The van der Waals surface area contributed by atoms with Gasteiger partial charge in [-0.15, -0.1) is 0 Å². The second-order valence-corrected chi connectivity index (χ2v) is 9.42. The SMILES string of the molecule is O=C(NCc1cnc(N2CCC(c3cc(Cl)c(F)c(Cl)c3F)(C(F)(F)F)C2)nc1C(F)(F)F)C1CC1. The highest BCUT2D eigenvalue weighted by molar-refractivity contribution is 6.35. The predicted molar refractivity (Wildman–Crippen MR) is 113 cm³/mol. The van der Waals surface area contributed by atoms with Crippen molar-refractivity contribution in [3.8, 4) is 0 Å². The van der Waals surface area contributed by atoms with E-state index in [1.54, 1.807) is 0 Å². The van der Waals surface area contributed by atoms with Gasteiger partial charge in [0.05, 0.1) is 5.02 Å². The normalized spacial score (nSPS) is 20.7. The Morgan fingerprint density at radius 3 is 2.39 bits per heavy atom. The van der Waals surface area contributed by atoms with E-state index in [1.807, 2.05) is 0 Å². The van der Waals surface area contributed by atoms with Crippen LogP contribution in [-0.2, 0) is 22.9 Å². The van der Waals surface area contributed by atoms with Crippen LogP contribution in [-0.4, -0.2) is 35.1 Å². The minimum Gasteiger partial charge on any atom is -0.352 e. The molecule has 0 spiro atoms. The maximum Gasteiger partial charge on any atom is 0.433 e. The maximum atomic E-state index is 14.7. The van der Waals surface area contributed by atoms with Crippen LogP contribution in [0.25, 0.3) is 0 Å². The van der Waals surface area contributed by atoms with E-state index in [2.05, 4.69) is 15.3 Å². The Morgan fingerprint density at radius 1 is 1.14 bits per heavy atom. The molecule has 1 amide bonds. The zero-order valence-corrected chi connectivity index (χ0v) is 19.5. The van der Waals surface area contributed by atoms with Gasteiger partial charge >= 0.3 is 12.4 Å². The lowest BCUT2D eigenvalue weighted by Crippen LogP contribution is -2.46. The zero-order valence-electron chi connectivity index (χ0n) is 18.0. The van der Waals surface area contributed by atoms with Crippen molar-refractivity contribution in [3.63, 3.8) is 0 Å². The average Bonchev–Trinajstić information content (AvgIpc) is 3.55. The Kier molecular flexibility index (Phi) is 6.78. The van der Waals surface area contributed by atoms with Crippen LogP contribution in [0.1, 0.15) is 36.1 Å². The third-order valence-corrected chi connectivity index (χ3v) is 6.84. The second-order valence-electron chi connectivity index (χ2n) is 8.63. The largest absolute Gasteiger partial charge is 0.433 e. The average molecular weight is 563 g/mol. The molecule has 196 valence electrons. The smallest absolute Gasteiger partial charge is 0.352 e. The molecule has 5 nitrogen and oxygen atoms in total. The molecule has 1 aromatic heterocycles. The number of amides is 1. The van der Waals surface area contributed by atoms with Crippen LogP contribution in [0.3, 0.4) is 0 Å². The zero-order chi connectivity index (χ0) is 26.6. The van der Waals surface area contributed by atoms with Gasteiger partial charge in [0.15, 0.2) is 11.5 Å². The van der Waals surface area contributed by atoms with Gasteiger partial charge in [0.25, 0.3) is 0 Å². The number of halogens is 10. The molecular formula is C21H16Cl2F8N4O. The van der Waals surface area contributed by atoms with Crippen LogP contribution in [0, 0.1) is 17.6 Å². The van der Waals surface area contributed by atoms with Crippen LogP contribution in [0.15, 0.2) is 12.3 Å². The van der Waals surface area contributed by atoms with Crippen molar-refractivity contribution < 1.29 is 39.9 Å². The minimum absolute atomic E-state index is 0.256. The summed E-state index contributed by atoms with van der Waals surface area (Å²) in [5, 5.41) is 0.290. The number of nitrogens with zero attached hydrogens (tertiary/aromatic N) is 3. The molecule has 36 heavy (non-hydrogen) atoms. The van der Waals surface area contributed by atoms with Crippen molar-refractivity contribution in [1.82, 2.24) is 15.3 Å². The van der Waals surface area contributed by atoms with E-state index < -0.39 is 94.2 Å². The van der Waals surface area contributed by atoms with E-state index in [0.29, 0.717) is 18.9 Å². The highest BCUT2D eigenvalue weighted by atomic mass is 35.5. The quantitative estimate of drug-likeness (QED) is 0.283. The molecule has 2 heterocycles. The summed E-state index contributed by atoms with van der Waals surface area (Å²) >= 11 is 11.1. The monoisotopic (exact) mass is 562 g/mol. The van der Waals surface area contributed by atoms with Crippen molar-refractivity contribution in [1.29, 1.82) is 0 Å². The van der Waals surface area contributed by atoms with E-state index in [4.69, 9.17) is 23.2 Å². The molecule has 15 heteroatoms. The van der Waals surface area contributed by atoms with Crippen LogP contribution in [0.2, 0.25) is 10.0 Å². The van der Waals surface area contributed by atoms with Gasteiger partial charge in [0.1, 0.15) is 16.3 Å². The maximum absolute atomic E-state index is 14.7. The van der Waals surface area contributed by atoms with Crippen LogP contribution < -0.4 is 10.2 Å². The number of aromatic nitrogens is 2. The molecule has 1 unspecified atom stereocenters.